The van der Waals surface area contributed by atoms with Crippen molar-refractivity contribution in [3.8, 4) is 0 Å². The number of benzene rings is 1. The van der Waals surface area contributed by atoms with Crippen molar-refractivity contribution in [2.24, 2.45) is 0 Å². The average molecular weight is 345 g/mol. The van der Waals surface area contributed by atoms with Crippen molar-refractivity contribution in [3.63, 3.8) is 0 Å². The molecule has 2 aromatic heterocycles. The smallest absolute Gasteiger partial charge is 0.267 e. The molecule has 3 N–H and O–H groups in total. The number of aromatic amines is 1. The van der Waals surface area contributed by atoms with Crippen LogP contribution in [0.25, 0.3) is 10.9 Å². The number of hydrogen-bond donors (Lipinski definition) is 3. The molecule has 0 radical (unpaired) electrons. The zero-order valence-electron chi connectivity index (χ0n) is 13.0. The summed E-state index contributed by atoms with van der Waals surface area (Å²) in [5, 5.41) is 6.22. The minimum absolute atomic E-state index is 0.197. The van der Waals surface area contributed by atoms with Crippen molar-refractivity contribution >= 4 is 38.3 Å². The summed E-state index contributed by atoms with van der Waals surface area (Å²) in [6.45, 7) is 0. The minimum Gasteiger partial charge on any atom is -0.355 e. The number of anilines is 2. The quantitative estimate of drug-likeness (QED) is 0.659. The summed E-state index contributed by atoms with van der Waals surface area (Å²) in [4.78, 5) is 23.1. The monoisotopic (exact) mass is 345 g/mol. The van der Waals surface area contributed by atoms with Crippen LogP contribution in [0.15, 0.2) is 41.6 Å². The van der Waals surface area contributed by atoms with E-state index < -0.39 is 9.84 Å². The fourth-order valence-electron chi connectivity index (χ4n) is 2.16. The van der Waals surface area contributed by atoms with Crippen LogP contribution >= 0.6 is 0 Å². The fraction of sp³-hybridized carbons (Fsp3) is 0.133. The molecule has 1 amide bonds. The Hall–Kier alpha value is -2.94. The first kappa shape index (κ1) is 15.9. The summed E-state index contributed by atoms with van der Waals surface area (Å²) in [6.07, 6.45) is 4.36. The van der Waals surface area contributed by atoms with Gasteiger partial charge in [0.1, 0.15) is 5.69 Å². The lowest BCUT2D eigenvalue weighted by molar-refractivity contribution is 0.0959. The number of aromatic nitrogens is 3. The third kappa shape index (κ3) is 3.20. The van der Waals surface area contributed by atoms with E-state index in [1.807, 2.05) is 0 Å². The van der Waals surface area contributed by atoms with Gasteiger partial charge >= 0.3 is 0 Å². The van der Waals surface area contributed by atoms with Crippen LogP contribution in [-0.4, -0.2) is 42.6 Å². The van der Waals surface area contributed by atoms with Gasteiger partial charge in [-0.05, 0) is 24.3 Å². The Balaban J connectivity index is 1.92. The van der Waals surface area contributed by atoms with E-state index in [-0.39, 0.29) is 10.8 Å². The summed E-state index contributed by atoms with van der Waals surface area (Å²) in [5.74, 6) is 0.0656. The van der Waals surface area contributed by atoms with E-state index in [0.717, 1.165) is 11.6 Å². The Kier molecular flexibility index (Phi) is 3.94. The van der Waals surface area contributed by atoms with Gasteiger partial charge in [-0.25, -0.2) is 18.4 Å². The topological polar surface area (TPSA) is 117 Å². The number of carbonyl (C=O) groups excluding carboxylic acids is 1. The molecular formula is C15H15N5O3S. The molecule has 24 heavy (non-hydrogen) atoms. The van der Waals surface area contributed by atoms with Gasteiger partial charge in [0.2, 0.25) is 5.95 Å². The van der Waals surface area contributed by atoms with E-state index in [4.69, 9.17) is 0 Å². The number of rotatable bonds is 4. The van der Waals surface area contributed by atoms with Gasteiger partial charge in [0.25, 0.3) is 5.91 Å². The van der Waals surface area contributed by atoms with E-state index in [1.54, 1.807) is 31.6 Å². The van der Waals surface area contributed by atoms with Crippen LogP contribution < -0.4 is 10.6 Å². The third-order valence-electron chi connectivity index (χ3n) is 3.39. The van der Waals surface area contributed by atoms with Gasteiger partial charge in [-0.3, -0.25) is 4.79 Å². The highest BCUT2D eigenvalue weighted by molar-refractivity contribution is 7.90. The standard InChI is InChI=1S/C15H15N5O3S/c1-16-14(21)13-5-10(8-17-13)19-15-18-7-9-3-4-11(24(2,22)23)6-12(9)20-15/h3-8,17H,1-2H3,(H,16,21)(H,18,19,20). The number of nitrogens with one attached hydrogen (secondary N) is 3. The lowest BCUT2D eigenvalue weighted by Gasteiger charge is -2.05. The van der Waals surface area contributed by atoms with E-state index >= 15 is 0 Å². The van der Waals surface area contributed by atoms with Crippen LogP contribution in [0, 0.1) is 0 Å². The van der Waals surface area contributed by atoms with Crippen LogP contribution in [0.3, 0.4) is 0 Å². The van der Waals surface area contributed by atoms with Crippen molar-refractivity contribution in [2.75, 3.05) is 18.6 Å². The second-order valence-electron chi connectivity index (χ2n) is 5.19. The van der Waals surface area contributed by atoms with Crippen LogP contribution in [-0.2, 0) is 9.84 Å². The number of sulfone groups is 1. The maximum absolute atomic E-state index is 11.6. The number of fused-ring (bicyclic) bond motifs is 1. The van der Waals surface area contributed by atoms with Gasteiger partial charge in [-0.1, -0.05) is 0 Å². The molecule has 0 aliphatic heterocycles. The van der Waals surface area contributed by atoms with E-state index in [2.05, 4.69) is 25.6 Å². The lowest BCUT2D eigenvalue weighted by atomic mass is 10.2. The Labute approximate surface area is 138 Å². The maximum atomic E-state index is 11.6. The fourth-order valence-corrected chi connectivity index (χ4v) is 2.80. The van der Waals surface area contributed by atoms with Gasteiger partial charge in [-0.2, -0.15) is 0 Å². The van der Waals surface area contributed by atoms with Crippen molar-refractivity contribution in [1.29, 1.82) is 0 Å². The molecule has 0 aliphatic rings. The average Bonchev–Trinajstić information content (AvgIpc) is 3.01. The number of carbonyl (C=O) groups is 1. The molecule has 2 heterocycles. The van der Waals surface area contributed by atoms with Crippen LogP contribution in [0.1, 0.15) is 10.5 Å². The van der Waals surface area contributed by atoms with Gasteiger partial charge in [0, 0.05) is 31.1 Å². The molecule has 0 bridgehead atoms. The summed E-state index contributed by atoms with van der Waals surface area (Å²) < 4.78 is 23.3. The van der Waals surface area contributed by atoms with Gasteiger partial charge in [0.05, 0.1) is 16.1 Å². The molecule has 9 heteroatoms. The summed E-state index contributed by atoms with van der Waals surface area (Å²) in [5.41, 5.74) is 1.53. The lowest BCUT2D eigenvalue weighted by Crippen LogP contribution is -2.17. The Morgan fingerprint density at radius 1 is 1.25 bits per heavy atom. The van der Waals surface area contributed by atoms with E-state index in [9.17, 15) is 13.2 Å². The van der Waals surface area contributed by atoms with Gasteiger partial charge < -0.3 is 15.6 Å². The van der Waals surface area contributed by atoms with Crippen molar-refractivity contribution < 1.29 is 13.2 Å². The Morgan fingerprint density at radius 2 is 2.04 bits per heavy atom. The molecule has 0 saturated heterocycles. The Morgan fingerprint density at radius 3 is 2.75 bits per heavy atom. The first-order valence-corrected chi connectivity index (χ1v) is 8.90. The van der Waals surface area contributed by atoms with Crippen molar-refractivity contribution in [3.05, 3.63) is 42.4 Å². The van der Waals surface area contributed by atoms with E-state index in [1.165, 1.54) is 12.1 Å². The molecule has 124 valence electrons. The predicted molar refractivity (Wildman–Crippen MR) is 90.1 cm³/mol. The summed E-state index contributed by atoms with van der Waals surface area (Å²) in [6, 6.07) is 6.31. The molecule has 0 unspecified atom stereocenters. The largest absolute Gasteiger partial charge is 0.355 e. The molecule has 3 aromatic rings. The molecule has 0 spiro atoms. The SMILES string of the molecule is CNC(=O)c1cc(Nc2ncc3ccc(S(C)(=O)=O)cc3n2)c[nH]1. The highest BCUT2D eigenvalue weighted by atomic mass is 32.2. The predicted octanol–water partition coefficient (Wildman–Crippen LogP) is 1.46. The van der Waals surface area contributed by atoms with Crippen LogP contribution in [0.2, 0.25) is 0 Å². The molecule has 0 atom stereocenters. The van der Waals surface area contributed by atoms with Gasteiger partial charge in [-0.15, -0.1) is 0 Å². The van der Waals surface area contributed by atoms with Crippen LogP contribution in [0.4, 0.5) is 11.6 Å². The van der Waals surface area contributed by atoms with Crippen molar-refractivity contribution in [2.45, 2.75) is 4.90 Å². The zero-order valence-corrected chi connectivity index (χ0v) is 13.8. The van der Waals surface area contributed by atoms with Crippen molar-refractivity contribution in [1.82, 2.24) is 20.3 Å². The van der Waals surface area contributed by atoms with Crippen LogP contribution in [0.5, 0.6) is 0 Å². The minimum atomic E-state index is -3.31. The normalized spacial score (nSPS) is 11.4. The number of hydrogen-bond acceptors (Lipinski definition) is 6. The molecule has 0 fully saturated rings. The molecule has 1 aromatic carbocycles. The highest BCUT2D eigenvalue weighted by Crippen LogP contribution is 2.20. The first-order valence-electron chi connectivity index (χ1n) is 7.01. The maximum Gasteiger partial charge on any atom is 0.267 e. The molecule has 3 rings (SSSR count). The van der Waals surface area contributed by atoms with Gasteiger partial charge in [0.15, 0.2) is 9.84 Å². The number of H-pyrrole nitrogens is 1. The summed E-state index contributed by atoms with van der Waals surface area (Å²) in [7, 11) is -1.76. The molecule has 0 aliphatic carbocycles. The highest BCUT2D eigenvalue weighted by Gasteiger charge is 2.10. The molecule has 8 nitrogen and oxygen atoms in total. The van der Waals surface area contributed by atoms with E-state index in [0.29, 0.717) is 22.8 Å². The number of nitrogens with zero attached hydrogens (tertiary/aromatic N) is 2. The molecule has 0 saturated carbocycles. The Bertz CT molecular complexity index is 1030. The first-order chi connectivity index (χ1) is 11.4. The second-order valence-corrected chi connectivity index (χ2v) is 7.21. The molecular weight excluding hydrogens is 330 g/mol. The zero-order chi connectivity index (χ0) is 17.3. The third-order valence-corrected chi connectivity index (χ3v) is 4.50. The number of amides is 1. The summed E-state index contributed by atoms with van der Waals surface area (Å²) >= 11 is 0. The second kappa shape index (κ2) is 5.93.